The van der Waals surface area contributed by atoms with Crippen molar-refractivity contribution in [1.29, 1.82) is 0 Å². The first-order chi connectivity index (χ1) is 10.5. The van der Waals surface area contributed by atoms with Crippen molar-refractivity contribution in [3.63, 3.8) is 0 Å². The molecule has 2 aromatic heterocycles. The van der Waals surface area contributed by atoms with E-state index in [0.717, 1.165) is 0 Å². The Labute approximate surface area is 131 Å². The van der Waals surface area contributed by atoms with Crippen LogP contribution in [-0.4, -0.2) is 59.8 Å². The van der Waals surface area contributed by atoms with Crippen molar-refractivity contribution in [2.75, 3.05) is 12.3 Å². The molecule has 0 radical (unpaired) electrons. The molecule has 5 N–H and O–H groups in total. The summed E-state index contributed by atoms with van der Waals surface area (Å²) in [4.78, 5) is 11.8. The van der Waals surface area contributed by atoms with E-state index in [1.807, 2.05) is 13.8 Å². The van der Waals surface area contributed by atoms with Gasteiger partial charge in [-0.05, 0) is 11.6 Å². The largest absolute Gasteiger partial charge is 0.394 e. The lowest BCUT2D eigenvalue weighted by atomic mass is 10.1. The van der Waals surface area contributed by atoms with Crippen molar-refractivity contribution in [1.82, 2.24) is 19.5 Å². The summed E-state index contributed by atoms with van der Waals surface area (Å²) in [5, 5.41) is 28.8. The molecule has 2 aromatic rings. The smallest absolute Gasteiger partial charge is 0.226 e. The average Bonchev–Trinajstić information content (AvgIpc) is 3.04. The van der Waals surface area contributed by atoms with Crippen LogP contribution in [0.15, 0.2) is 6.33 Å². The molecule has 0 aliphatic carbocycles. The van der Waals surface area contributed by atoms with E-state index in [1.165, 1.54) is 10.9 Å². The number of hydrogen-bond acceptors (Lipinski definition) is 8. The number of halogens is 1. The molecule has 122 valence electrons. The van der Waals surface area contributed by atoms with Crippen molar-refractivity contribution in [3.05, 3.63) is 11.6 Å². The minimum Gasteiger partial charge on any atom is -0.394 e. The van der Waals surface area contributed by atoms with Gasteiger partial charge in [-0.3, -0.25) is 4.57 Å². The summed E-state index contributed by atoms with van der Waals surface area (Å²) in [6, 6.07) is 0. The van der Waals surface area contributed by atoms with Gasteiger partial charge < -0.3 is 25.8 Å². The van der Waals surface area contributed by atoms with Crippen molar-refractivity contribution in [2.45, 2.75) is 38.4 Å². The van der Waals surface area contributed by atoms with Crippen molar-refractivity contribution in [2.24, 2.45) is 0 Å². The molecule has 1 saturated heterocycles. The van der Waals surface area contributed by atoms with E-state index in [2.05, 4.69) is 15.0 Å². The number of aliphatic hydroxyl groups excluding tert-OH is 3. The zero-order valence-corrected chi connectivity index (χ0v) is 12.8. The van der Waals surface area contributed by atoms with Crippen LogP contribution in [0.2, 0.25) is 5.28 Å². The Morgan fingerprint density at radius 3 is 2.59 bits per heavy atom. The molecular formula is C12H18ClN5O4. The summed E-state index contributed by atoms with van der Waals surface area (Å²) in [6.07, 6.45) is -2.93. The molecule has 1 aliphatic rings. The molecule has 4 atom stereocenters. The number of aromatic nitrogens is 4. The van der Waals surface area contributed by atoms with Crippen LogP contribution in [0.1, 0.15) is 20.1 Å². The Hall–Kier alpha value is -1.52. The first-order valence-corrected chi connectivity index (χ1v) is 7.18. The Kier molecular flexibility index (Phi) is 5.14. The van der Waals surface area contributed by atoms with Gasteiger partial charge in [-0.1, -0.05) is 13.8 Å². The van der Waals surface area contributed by atoms with Gasteiger partial charge in [0.15, 0.2) is 17.7 Å². The average molecular weight is 332 g/mol. The van der Waals surface area contributed by atoms with Crippen LogP contribution in [-0.2, 0) is 4.74 Å². The second-order valence-electron chi connectivity index (χ2n) is 4.43. The molecular weight excluding hydrogens is 314 g/mol. The van der Waals surface area contributed by atoms with Crippen LogP contribution in [0.25, 0.3) is 11.2 Å². The maximum absolute atomic E-state index is 9.99. The highest BCUT2D eigenvalue weighted by Crippen LogP contribution is 2.32. The molecule has 9 nitrogen and oxygen atoms in total. The highest BCUT2D eigenvalue weighted by Gasteiger charge is 2.44. The minimum atomic E-state index is -1.24. The number of nitrogens with zero attached hydrogens (tertiary/aromatic N) is 4. The van der Waals surface area contributed by atoms with Crippen LogP contribution >= 0.6 is 11.6 Å². The normalized spacial score (nSPS) is 27.7. The molecule has 0 aromatic carbocycles. The molecule has 1 aliphatic heterocycles. The van der Waals surface area contributed by atoms with Crippen molar-refractivity contribution in [3.8, 4) is 0 Å². The fraction of sp³-hybridized carbons (Fsp3) is 0.583. The van der Waals surface area contributed by atoms with Crippen molar-refractivity contribution < 1.29 is 20.1 Å². The van der Waals surface area contributed by atoms with Crippen LogP contribution in [0, 0.1) is 0 Å². The number of rotatable bonds is 2. The molecule has 22 heavy (non-hydrogen) atoms. The third kappa shape index (κ3) is 2.73. The lowest BCUT2D eigenvalue weighted by Crippen LogP contribution is -2.33. The van der Waals surface area contributed by atoms with Gasteiger partial charge >= 0.3 is 0 Å². The summed E-state index contributed by atoms with van der Waals surface area (Å²) in [6.45, 7) is 3.58. The van der Waals surface area contributed by atoms with E-state index in [-0.39, 0.29) is 16.7 Å². The lowest BCUT2D eigenvalue weighted by molar-refractivity contribution is -0.0511. The number of imidazole rings is 1. The second-order valence-corrected chi connectivity index (χ2v) is 4.77. The lowest BCUT2D eigenvalue weighted by Gasteiger charge is -2.16. The maximum atomic E-state index is 9.99. The Morgan fingerprint density at radius 2 is 2.00 bits per heavy atom. The van der Waals surface area contributed by atoms with Crippen molar-refractivity contribution >= 4 is 28.6 Å². The standard InChI is InChI=1S/C10H12ClN5O4.C2H6/c11-10-14-7(12)4-8(15-10)16(2-13-4)9-6(19)5(18)3(1-17)20-9;1-2/h2-3,5-6,9,17-19H,1H2,(H2,12,14,15);1-2H3/t3-,5-,6-,9-;/m1./s1. The molecule has 0 amide bonds. The van der Waals surface area contributed by atoms with Crippen LogP contribution in [0.4, 0.5) is 5.82 Å². The van der Waals surface area contributed by atoms with Crippen LogP contribution in [0.3, 0.4) is 0 Å². The van der Waals surface area contributed by atoms with Crippen LogP contribution in [0.5, 0.6) is 0 Å². The predicted octanol–water partition coefficient (Wildman–Crippen LogP) is -0.300. The second kappa shape index (κ2) is 6.71. The van der Waals surface area contributed by atoms with Gasteiger partial charge in [0.25, 0.3) is 0 Å². The van der Waals surface area contributed by atoms with Gasteiger partial charge in [0.1, 0.15) is 23.8 Å². The van der Waals surface area contributed by atoms with Crippen LogP contribution < -0.4 is 5.73 Å². The molecule has 3 rings (SSSR count). The van der Waals surface area contributed by atoms with E-state index < -0.39 is 31.1 Å². The zero-order valence-electron chi connectivity index (χ0n) is 12.1. The van der Waals surface area contributed by atoms with Gasteiger partial charge in [0.05, 0.1) is 12.9 Å². The minimum absolute atomic E-state index is 0.0662. The fourth-order valence-corrected chi connectivity index (χ4v) is 2.38. The highest BCUT2D eigenvalue weighted by molar-refractivity contribution is 6.28. The van der Waals surface area contributed by atoms with E-state index in [4.69, 9.17) is 27.2 Å². The number of hydrogen-bond donors (Lipinski definition) is 4. The van der Waals surface area contributed by atoms with Gasteiger partial charge in [0, 0.05) is 0 Å². The number of nitrogens with two attached hydrogens (primary N) is 1. The third-order valence-corrected chi connectivity index (χ3v) is 3.38. The summed E-state index contributed by atoms with van der Waals surface area (Å²) in [7, 11) is 0. The van der Waals surface area contributed by atoms with Gasteiger partial charge in [-0.25, -0.2) is 4.98 Å². The summed E-state index contributed by atoms with van der Waals surface area (Å²) < 4.78 is 6.79. The Morgan fingerprint density at radius 1 is 1.32 bits per heavy atom. The van der Waals surface area contributed by atoms with Gasteiger partial charge in [-0.15, -0.1) is 0 Å². The molecule has 1 fully saturated rings. The van der Waals surface area contributed by atoms with E-state index in [0.29, 0.717) is 5.52 Å². The third-order valence-electron chi connectivity index (χ3n) is 3.21. The number of aliphatic hydroxyl groups is 3. The molecule has 10 heteroatoms. The quantitative estimate of drug-likeness (QED) is 0.550. The molecule has 0 saturated carbocycles. The summed E-state index contributed by atoms with van der Waals surface area (Å²) in [5.74, 6) is 0.102. The van der Waals surface area contributed by atoms with E-state index in [9.17, 15) is 10.2 Å². The molecule has 0 unspecified atom stereocenters. The Bertz CT molecular complexity index is 652. The van der Waals surface area contributed by atoms with Gasteiger partial charge in [0.2, 0.25) is 5.28 Å². The number of nitrogen functional groups attached to an aromatic ring is 1. The van der Waals surface area contributed by atoms with E-state index >= 15 is 0 Å². The maximum Gasteiger partial charge on any atom is 0.226 e. The van der Waals surface area contributed by atoms with E-state index in [1.54, 1.807) is 0 Å². The SMILES string of the molecule is CC.Nc1nc(Cl)nc2c1ncn2[C@@H]1O[C@H](CO)[C@@H](O)[C@H]1O. The predicted molar refractivity (Wildman–Crippen MR) is 79.1 cm³/mol. The topological polar surface area (TPSA) is 140 Å². The van der Waals surface area contributed by atoms with Gasteiger partial charge in [-0.2, -0.15) is 9.97 Å². The molecule has 3 heterocycles. The number of fused-ring (bicyclic) bond motifs is 1. The highest BCUT2D eigenvalue weighted by atomic mass is 35.5. The zero-order chi connectivity index (χ0) is 16.4. The summed E-state index contributed by atoms with van der Waals surface area (Å²) >= 11 is 5.74. The summed E-state index contributed by atoms with van der Waals surface area (Å²) in [5.41, 5.74) is 6.27. The molecule has 0 spiro atoms. The fourth-order valence-electron chi connectivity index (χ4n) is 2.21. The Balaban J connectivity index is 0.000000847. The number of anilines is 1. The first-order valence-electron chi connectivity index (χ1n) is 6.81. The monoisotopic (exact) mass is 331 g/mol. The first kappa shape index (κ1) is 16.8. The number of ether oxygens (including phenoxy) is 1. The molecule has 0 bridgehead atoms.